The minimum atomic E-state index is -0.240. The number of rotatable bonds is 4. The number of amides is 2. The van der Waals surface area contributed by atoms with Crippen molar-refractivity contribution in [1.29, 1.82) is 0 Å². The summed E-state index contributed by atoms with van der Waals surface area (Å²) in [5, 5.41) is 0. The van der Waals surface area contributed by atoms with E-state index >= 15 is 0 Å². The zero-order valence-corrected chi connectivity index (χ0v) is 19.1. The van der Waals surface area contributed by atoms with Gasteiger partial charge in [0.15, 0.2) is 0 Å². The lowest BCUT2D eigenvalue weighted by Gasteiger charge is -2.36. The molecule has 31 heavy (non-hydrogen) atoms. The molecule has 0 N–H and O–H groups in total. The number of benzene rings is 2. The third-order valence-electron chi connectivity index (χ3n) is 6.59. The summed E-state index contributed by atoms with van der Waals surface area (Å²) in [4.78, 5) is 33.1. The lowest BCUT2D eigenvalue weighted by Crippen LogP contribution is -2.43. The fourth-order valence-corrected chi connectivity index (χ4v) is 4.68. The third-order valence-corrected chi connectivity index (χ3v) is 6.59. The van der Waals surface area contributed by atoms with Crippen molar-refractivity contribution in [2.24, 2.45) is 0 Å². The SMILES string of the molecule is Cc1ccc(N2C(=O)C(c3ccc(C)cc3C)=C(N(C)C3CCN(C)CC3)C2=O)cc1. The van der Waals surface area contributed by atoms with E-state index in [1.54, 1.807) is 0 Å². The monoisotopic (exact) mass is 417 g/mol. The Morgan fingerprint density at radius 1 is 0.871 bits per heavy atom. The number of aryl methyl sites for hydroxylation is 3. The molecule has 5 nitrogen and oxygen atoms in total. The van der Waals surface area contributed by atoms with Crippen LogP contribution in [-0.4, -0.2) is 54.8 Å². The molecule has 0 unspecified atom stereocenters. The number of carbonyl (C=O) groups excluding carboxylic acids is 2. The molecule has 4 rings (SSSR count). The molecule has 0 atom stereocenters. The standard InChI is InChI=1S/C26H31N3O2/c1-17-6-9-21(10-7-17)29-25(30)23(22-11-8-18(2)16-19(22)3)24(26(29)31)28(5)20-12-14-27(4)15-13-20/h6-11,16,20H,12-15H2,1-5H3. The maximum absolute atomic E-state index is 13.7. The second-order valence-corrected chi connectivity index (χ2v) is 8.97. The molecule has 2 aromatic rings. The van der Waals surface area contributed by atoms with Gasteiger partial charge in [-0.2, -0.15) is 0 Å². The van der Waals surface area contributed by atoms with Gasteiger partial charge in [0, 0.05) is 13.1 Å². The zero-order chi connectivity index (χ0) is 22.3. The summed E-state index contributed by atoms with van der Waals surface area (Å²) in [6, 6.07) is 13.9. The zero-order valence-electron chi connectivity index (χ0n) is 19.1. The second kappa shape index (κ2) is 8.31. The fourth-order valence-electron chi connectivity index (χ4n) is 4.68. The van der Waals surface area contributed by atoms with Gasteiger partial charge < -0.3 is 9.80 Å². The Labute approximate surface area is 184 Å². The van der Waals surface area contributed by atoms with Gasteiger partial charge in [-0.1, -0.05) is 41.5 Å². The van der Waals surface area contributed by atoms with Gasteiger partial charge in [0.25, 0.3) is 11.8 Å². The first-order valence-electron chi connectivity index (χ1n) is 11.0. The number of likely N-dealkylation sites (N-methyl/N-ethyl adjacent to an activating group) is 1. The van der Waals surface area contributed by atoms with Crippen LogP contribution < -0.4 is 4.90 Å². The summed E-state index contributed by atoms with van der Waals surface area (Å²) in [6.07, 6.45) is 1.95. The lowest BCUT2D eigenvalue weighted by molar-refractivity contribution is -0.120. The van der Waals surface area contributed by atoms with E-state index in [4.69, 9.17) is 0 Å². The number of anilines is 1. The van der Waals surface area contributed by atoms with Crippen LogP contribution in [0.3, 0.4) is 0 Å². The number of likely N-dealkylation sites (tertiary alicyclic amines) is 1. The van der Waals surface area contributed by atoms with Gasteiger partial charge in [-0.25, -0.2) is 4.90 Å². The molecule has 5 heteroatoms. The van der Waals surface area contributed by atoms with Gasteiger partial charge in [-0.3, -0.25) is 9.59 Å². The molecule has 0 saturated carbocycles. The van der Waals surface area contributed by atoms with Crippen molar-refractivity contribution >= 4 is 23.1 Å². The summed E-state index contributed by atoms with van der Waals surface area (Å²) in [5.74, 6) is -0.471. The van der Waals surface area contributed by atoms with Crippen LogP contribution in [0.25, 0.3) is 5.57 Å². The van der Waals surface area contributed by atoms with Gasteiger partial charge in [0.1, 0.15) is 5.70 Å². The van der Waals surface area contributed by atoms with Crippen molar-refractivity contribution in [3.05, 3.63) is 70.4 Å². The predicted molar refractivity (Wildman–Crippen MR) is 125 cm³/mol. The Bertz CT molecular complexity index is 1050. The van der Waals surface area contributed by atoms with Crippen molar-refractivity contribution in [3.63, 3.8) is 0 Å². The fraction of sp³-hybridized carbons (Fsp3) is 0.385. The van der Waals surface area contributed by atoms with Crippen LogP contribution >= 0.6 is 0 Å². The third kappa shape index (κ3) is 3.90. The summed E-state index contributed by atoms with van der Waals surface area (Å²) in [6.45, 7) is 8.03. The van der Waals surface area contributed by atoms with Gasteiger partial charge in [-0.15, -0.1) is 0 Å². The highest BCUT2D eigenvalue weighted by Gasteiger charge is 2.43. The van der Waals surface area contributed by atoms with E-state index in [1.165, 1.54) is 4.90 Å². The first-order chi connectivity index (χ1) is 14.8. The highest BCUT2D eigenvalue weighted by Crippen LogP contribution is 2.37. The lowest BCUT2D eigenvalue weighted by atomic mass is 9.96. The molecule has 0 bridgehead atoms. The first kappa shape index (κ1) is 21.3. The summed E-state index contributed by atoms with van der Waals surface area (Å²) in [5.41, 5.74) is 5.74. The minimum Gasteiger partial charge on any atom is -0.366 e. The average Bonchev–Trinajstić information content (AvgIpc) is 2.99. The highest BCUT2D eigenvalue weighted by atomic mass is 16.2. The molecule has 1 saturated heterocycles. The Balaban J connectivity index is 1.81. The molecule has 0 spiro atoms. The number of carbonyl (C=O) groups is 2. The van der Waals surface area contributed by atoms with E-state index in [2.05, 4.69) is 22.9 Å². The smallest absolute Gasteiger partial charge is 0.282 e. The van der Waals surface area contributed by atoms with E-state index in [9.17, 15) is 9.59 Å². The van der Waals surface area contributed by atoms with Crippen molar-refractivity contribution in [2.45, 2.75) is 39.7 Å². The summed E-state index contributed by atoms with van der Waals surface area (Å²) in [7, 11) is 4.10. The van der Waals surface area contributed by atoms with Crippen molar-refractivity contribution in [1.82, 2.24) is 9.80 Å². The van der Waals surface area contributed by atoms with Gasteiger partial charge >= 0.3 is 0 Å². The van der Waals surface area contributed by atoms with Gasteiger partial charge in [0.2, 0.25) is 0 Å². The minimum absolute atomic E-state index is 0.231. The van der Waals surface area contributed by atoms with E-state index in [0.29, 0.717) is 17.0 Å². The molecule has 2 heterocycles. The van der Waals surface area contributed by atoms with Crippen molar-refractivity contribution in [3.8, 4) is 0 Å². The van der Waals surface area contributed by atoms with E-state index in [0.717, 1.165) is 48.2 Å². The molecule has 0 radical (unpaired) electrons. The predicted octanol–water partition coefficient (Wildman–Crippen LogP) is 3.92. The molecule has 2 aromatic carbocycles. The van der Waals surface area contributed by atoms with Crippen LogP contribution in [0.15, 0.2) is 48.2 Å². The van der Waals surface area contributed by atoms with E-state index in [1.807, 2.05) is 64.2 Å². The van der Waals surface area contributed by atoms with Crippen molar-refractivity contribution in [2.75, 3.05) is 32.1 Å². The molecule has 1 fully saturated rings. The van der Waals surface area contributed by atoms with Crippen LogP contribution in [0.4, 0.5) is 5.69 Å². The number of hydrogen-bond donors (Lipinski definition) is 0. The van der Waals surface area contributed by atoms with Gasteiger partial charge in [-0.05, 0) is 77.0 Å². The maximum Gasteiger partial charge on any atom is 0.282 e. The maximum atomic E-state index is 13.7. The van der Waals surface area contributed by atoms with Crippen LogP contribution in [0.2, 0.25) is 0 Å². The number of nitrogens with zero attached hydrogens (tertiary/aromatic N) is 3. The Kier molecular flexibility index (Phi) is 5.71. The Morgan fingerprint density at radius 2 is 1.48 bits per heavy atom. The molecule has 0 aliphatic carbocycles. The van der Waals surface area contributed by atoms with Crippen LogP contribution in [0.1, 0.15) is 35.1 Å². The van der Waals surface area contributed by atoms with Crippen molar-refractivity contribution < 1.29 is 9.59 Å². The molecule has 2 aliphatic rings. The number of piperidine rings is 1. The molecular weight excluding hydrogens is 386 g/mol. The summed E-state index contributed by atoms with van der Waals surface area (Å²) >= 11 is 0. The van der Waals surface area contributed by atoms with Gasteiger partial charge in [0.05, 0.1) is 11.3 Å². The average molecular weight is 418 g/mol. The number of imide groups is 1. The van der Waals surface area contributed by atoms with Crippen LogP contribution in [-0.2, 0) is 9.59 Å². The van der Waals surface area contributed by atoms with E-state index in [-0.39, 0.29) is 17.9 Å². The molecule has 2 amide bonds. The number of hydrogen-bond acceptors (Lipinski definition) is 4. The molecule has 2 aliphatic heterocycles. The molecule has 0 aromatic heterocycles. The van der Waals surface area contributed by atoms with Crippen LogP contribution in [0, 0.1) is 20.8 Å². The molecule has 162 valence electrons. The summed E-state index contributed by atoms with van der Waals surface area (Å²) < 4.78 is 0. The quantitative estimate of drug-likeness (QED) is 0.708. The molecular formula is C26H31N3O2. The Hall–Kier alpha value is -2.92. The van der Waals surface area contributed by atoms with E-state index < -0.39 is 0 Å². The second-order valence-electron chi connectivity index (χ2n) is 8.97. The Morgan fingerprint density at radius 3 is 2.10 bits per heavy atom. The largest absolute Gasteiger partial charge is 0.366 e. The van der Waals surface area contributed by atoms with Crippen LogP contribution in [0.5, 0.6) is 0 Å². The normalized spacial score (nSPS) is 18.3. The first-order valence-corrected chi connectivity index (χ1v) is 11.0. The highest BCUT2D eigenvalue weighted by molar-refractivity contribution is 6.45. The topological polar surface area (TPSA) is 43.9 Å².